The van der Waals surface area contributed by atoms with Crippen LogP contribution in [0.3, 0.4) is 0 Å². The molecule has 6 nitrogen and oxygen atoms in total. The minimum atomic E-state index is -0.498. The van der Waals surface area contributed by atoms with Gasteiger partial charge < -0.3 is 16.0 Å². The number of nitrogens with one attached hydrogen (secondary N) is 3. The third-order valence-corrected chi connectivity index (χ3v) is 4.19. The maximum atomic E-state index is 12.0. The third kappa shape index (κ3) is 1.68. The van der Waals surface area contributed by atoms with E-state index in [0.717, 1.165) is 28.2 Å². The topological polar surface area (TPSA) is 78.9 Å². The Morgan fingerprint density at radius 1 is 1.10 bits per heavy atom. The van der Waals surface area contributed by atoms with Gasteiger partial charge in [-0.25, -0.2) is 0 Å². The van der Waals surface area contributed by atoms with Gasteiger partial charge in [0.2, 0.25) is 5.91 Å². The average molecular weight is 281 g/mol. The van der Waals surface area contributed by atoms with Gasteiger partial charge in [0.1, 0.15) is 6.17 Å². The second-order valence-electron chi connectivity index (χ2n) is 5.92. The average Bonchev–Trinajstić information content (AvgIpc) is 2.98. The molecule has 2 aliphatic rings. The smallest absolute Gasteiger partial charge is 0.234 e. The Kier molecular flexibility index (Phi) is 2.28. The van der Waals surface area contributed by atoms with Gasteiger partial charge in [-0.2, -0.15) is 10.2 Å². The first-order valence-electron chi connectivity index (χ1n) is 6.85. The van der Waals surface area contributed by atoms with Crippen LogP contribution in [-0.2, 0) is 10.2 Å². The normalized spacial score (nSPS) is 21.0. The molecule has 0 saturated heterocycles. The molecule has 1 aromatic heterocycles. The first-order chi connectivity index (χ1) is 10.1. The summed E-state index contributed by atoms with van der Waals surface area (Å²) in [5, 5.41) is 17.4. The van der Waals surface area contributed by atoms with Gasteiger partial charge in [-0.3, -0.25) is 4.79 Å². The van der Waals surface area contributed by atoms with Crippen molar-refractivity contribution >= 4 is 23.0 Å². The summed E-state index contributed by atoms with van der Waals surface area (Å²) in [4.78, 5) is 12.0. The monoisotopic (exact) mass is 281 g/mol. The molecule has 0 aliphatic carbocycles. The van der Waals surface area contributed by atoms with E-state index < -0.39 is 5.41 Å². The maximum absolute atomic E-state index is 12.0. The summed E-state index contributed by atoms with van der Waals surface area (Å²) >= 11 is 0. The van der Waals surface area contributed by atoms with Crippen LogP contribution in [-0.4, -0.2) is 16.1 Å². The zero-order chi connectivity index (χ0) is 14.6. The Hall–Kier alpha value is -2.63. The molecule has 2 aromatic rings. The number of carbonyl (C=O) groups is 1. The van der Waals surface area contributed by atoms with E-state index in [1.54, 1.807) is 12.4 Å². The van der Waals surface area contributed by atoms with E-state index in [2.05, 4.69) is 26.1 Å². The quantitative estimate of drug-likeness (QED) is 0.747. The molecular formula is C15H15N5O. The van der Waals surface area contributed by atoms with Gasteiger partial charge in [0, 0.05) is 17.4 Å². The van der Waals surface area contributed by atoms with Crippen molar-refractivity contribution in [2.24, 2.45) is 0 Å². The van der Waals surface area contributed by atoms with Crippen molar-refractivity contribution in [3.8, 4) is 0 Å². The summed E-state index contributed by atoms with van der Waals surface area (Å²) in [7, 11) is 0. The van der Waals surface area contributed by atoms with Gasteiger partial charge in [0.15, 0.2) is 0 Å². The molecule has 0 saturated carbocycles. The molecule has 0 radical (unpaired) electrons. The molecule has 21 heavy (non-hydrogen) atoms. The summed E-state index contributed by atoms with van der Waals surface area (Å²) in [5.74, 6) is 0.0380. The van der Waals surface area contributed by atoms with E-state index >= 15 is 0 Å². The fourth-order valence-corrected chi connectivity index (χ4v) is 2.85. The van der Waals surface area contributed by atoms with Crippen LogP contribution in [0.4, 0.5) is 17.1 Å². The Labute approximate surface area is 122 Å². The number of aromatic nitrogens is 2. The van der Waals surface area contributed by atoms with Gasteiger partial charge in [-0.05, 0) is 37.6 Å². The number of fused-ring (bicyclic) bond motifs is 2. The molecule has 3 heterocycles. The number of nitrogens with zero attached hydrogens (tertiary/aromatic N) is 2. The van der Waals surface area contributed by atoms with Crippen LogP contribution >= 0.6 is 0 Å². The molecule has 0 bridgehead atoms. The number of carbonyl (C=O) groups excluding carboxylic acids is 1. The maximum Gasteiger partial charge on any atom is 0.234 e. The van der Waals surface area contributed by atoms with Crippen LogP contribution < -0.4 is 16.0 Å². The second-order valence-corrected chi connectivity index (χ2v) is 5.92. The minimum absolute atomic E-state index is 0.0307. The van der Waals surface area contributed by atoms with E-state index in [4.69, 9.17) is 0 Å². The Morgan fingerprint density at radius 3 is 2.57 bits per heavy atom. The number of amides is 1. The van der Waals surface area contributed by atoms with Gasteiger partial charge in [0.25, 0.3) is 0 Å². The summed E-state index contributed by atoms with van der Waals surface area (Å²) in [6, 6.07) is 5.95. The Balaban J connectivity index is 1.72. The van der Waals surface area contributed by atoms with Crippen molar-refractivity contribution < 1.29 is 4.79 Å². The van der Waals surface area contributed by atoms with Crippen molar-refractivity contribution in [3.05, 3.63) is 41.7 Å². The van der Waals surface area contributed by atoms with E-state index in [1.165, 1.54) is 0 Å². The van der Waals surface area contributed by atoms with Gasteiger partial charge in [0.05, 0.1) is 23.0 Å². The summed E-state index contributed by atoms with van der Waals surface area (Å²) < 4.78 is 0. The van der Waals surface area contributed by atoms with Crippen molar-refractivity contribution in [2.75, 3.05) is 16.0 Å². The standard InChI is InChI=1S/C15H15N5O/c1-15(2)9-5-11-12(6-10(9)20-14(15)21)19-13(18-11)8-3-4-16-17-7-8/h3-7,13,18-19H,1-2H3,(H,20,21). The molecule has 1 aromatic carbocycles. The molecule has 3 N–H and O–H groups in total. The second kappa shape index (κ2) is 3.94. The number of hydrogen-bond donors (Lipinski definition) is 3. The molecule has 4 rings (SSSR count). The lowest BCUT2D eigenvalue weighted by molar-refractivity contribution is -0.119. The lowest BCUT2D eigenvalue weighted by atomic mass is 9.86. The fourth-order valence-electron chi connectivity index (χ4n) is 2.85. The molecule has 0 spiro atoms. The SMILES string of the molecule is CC1(C)C(=O)Nc2cc3c(cc21)NC(c1ccnnc1)N3. The largest absolute Gasteiger partial charge is 0.360 e. The highest BCUT2D eigenvalue weighted by molar-refractivity contribution is 6.07. The molecule has 106 valence electrons. The molecule has 2 aliphatic heterocycles. The van der Waals surface area contributed by atoms with Crippen molar-refractivity contribution in [1.29, 1.82) is 0 Å². The Bertz CT molecular complexity index is 741. The van der Waals surface area contributed by atoms with Crippen LogP contribution in [0.25, 0.3) is 0 Å². The first-order valence-corrected chi connectivity index (χ1v) is 6.85. The number of rotatable bonds is 1. The molecule has 1 unspecified atom stereocenters. The highest BCUT2D eigenvalue weighted by Gasteiger charge is 2.39. The van der Waals surface area contributed by atoms with E-state index in [1.807, 2.05) is 32.0 Å². The zero-order valence-corrected chi connectivity index (χ0v) is 11.8. The van der Waals surface area contributed by atoms with Crippen LogP contribution in [0.15, 0.2) is 30.6 Å². The van der Waals surface area contributed by atoms with Gasteiger partial charge in [-0.15, -0.1) is 0 Å². The summed E-state index contributed by atoms with van der Waals surface area (Å²) in [5.41, 5.74) is 4.40. The summed E-state index contributed by atoms with van der Waals surface area (Å²) in [6.45, 7) is 3.88. The molecular weight excluding hydrogens is 266 g/mol. The lowest BCUT2D eigenvalue weighted by Gasteiger charge is -2.15. The van der Waals surface area contributed by atoms with Gasteiger partial charge in [-0.1, -0.05) is 0 Å². The minimum Gasteiger partial charge on any atom is -0.360 e. The van der Waals surface area contributed by atoms with E-state index in [0.29, 0.717) is 0 Å². The van der Waals surface area contributed by atoms with Crippen molar-refractivity contribution in [3.63, 3.8) is 0 Å². The van der Waals surface area contributed by atoms with E-state index in [-0.39, 0.29) is 12.1 Å². The van der Waals surface area contributed by atoms with Crippen molar-refractivity contribution in [1.82, 2.24) is 10.2 Å². The molecule has 6 heteroatoms. The highest BCUT2D eigenvalue weighted by Crippen LogP contribution is 2.45. The number of anilines is 3. The van der Waals surface area contributed by atoms with Crippen LogP contribution in [0, 0.1) is 0 Å². The molecule has 1 amide bonds. The van der Waals surface area contributed by atoms with Crippen LogP contribution in [0.5, 0.6) is 0 Å². The third-order valence-electron chi connectivity index (χ3n) is 4.19. The highest BCUT2D eigenvalue weighted by atomic mass is 16.2. The number of hydrogen-bond acceptors (Lipinski definition) is 5. The van der Waals surface area contributed by atoms with Gasteiger partial charge >= 0.3 is 0 Å². The van der Waals surface area contributed by atoms with E-state index in [9.17, 15) is 4.79 Å². The first kappa shape index (κ1) is 12.1. The molecule has 0 fully saturated rings. The Morgan fingerprint density at radius 2 is 1.86 bits per heavy atom. The zero-order valence-electron chi connectivity index (χ0n) is 11.8. The summed E-state index contributed by atoms with van der Waals surface area (Å²) in [6.07, 6.45) is 3.37. The van der Waals surface area contributed by atoms with Crippen LogP contribution in [0.1, 0.15) is 31.1 Å². The predicted octanol–water partition coefficient (Wildman–Crippen LogP) is 2.24. The molecule has 1 atom stereocenters. The lowest BCUT2D eigenvalue weighted by Crippen LogP contribution is -2.26. The van der Waals surface area contributed by atoms with Crippen LogP contribution in [0.2, 0.25) is 0 Å². The fraction of sp³-hybridized carbons (Fsp3) is 0.267. The van der Waals surface area contributed by atoms with Crippen molar-refractivity contribution in [2.45, 2.75) is 25.4 Å². The predicted molar refractivity (Wildman–Crippen MR) is 80.1 cm³/mol. The number of benzene rings is 1.